The minimum Gasteiger partial charge on any atom is -0.506 e. The number of nitrogens with one attached hydrogen (secondary N) is 2. The highest BCUT2D eigenvalue weighted by Gasteiger charge is 2.17. The molecule has 1 amide bonds. The number of aromatic amines is 1. The Kier molecular flexibility index (Phi) is 4.83. The van der Waals surface area contributed by atoms with Crippen LogP contribution in [0.1, 0.15) is 10.4 Å². The van der Waals surface area contributed by atoms with Gasteiger partial charge in [-0.1, -0.05) is 30.3 Å². The lowest BCUT2D eigenvalue weighted by Gasteiger charge is -2.13. The number of aromatic nitrogens is 3. The van der Waals surface area contributed by atoms with Crippen LogP contribution in [0, 0.1) is 10.1 Å². The van der Waals surface area contributed by atoms with Crippen molar-refractivity contribution in [1.82, 2.24) is 15.2 Å². The molecule has 3 N–H and O–H groups in total. The summed E-state index contributed by atoms with van der Waals surface area (Å²) >= 11 is 1.16. The van der Waals surface area contributed by atoms with Crippen molar-refractivity contribution in [3.05, 3.63) is 76.6 Å². The standard InChI is InChI=1S/C19H13N5O4S/c25-17-14-7-2-1-6-13(14)15(9-16(17)29-19-20-10-21-23-19)22-18(26)11-4-3-5-12(8-11)24(27)28/h1-10,25H,(H,22,26)(H,20,21,23). The van der Waals surface area contributed by atoms with E-state index in [9.17, 15) is 20.0 Å². The summed E-state index contributed by atoms with van der Waals surface area (Å²) in [5.41, 5.74) is 0.437. The molecule has 0 saturated heterocycles. The Bertz CT molecular complexity index is 1230. The van der Waals surface area contributed by atoms with Gasteiger partial charge in [0.15, 0.2) is 5.16 Å². The number of nitro benzene ring substituents is 1. The van der Waals surface area contributed by atoms with Gasteiger partial charge in [-0.3, -0.25) is 20.0 Å². The van der Waals surface area contributed by atoms with Gasteiger partial charge in [0.1, 0.15) is 12.1 Å². The zero-order valence-corrected chi connectivity index (χ0v) is 15.5. The fraction of sp³-hybridized carbons (Fsp3) is 0. The normalized spacial score (nSPS) is 10.8. The molecule has 4 aromatic rings. The van der Waals surface area contributed by atoms with Crippen molar-refractivity contribution in [2.24, 2.45) is 0 Å². The van der Waals surface area contributed by atoms with Crippen LogP contribution in [0.4, 0.5) is 11.4 Å². The molecule has 0 aliphatic carbocycles. The topological polar surface area (TPSA) is 134 Å². The van der Waals surface area contributed by atoms with Crippen LogP contribution in [0.3, 0.4) is 0 Å². The maximum absolute atomic E-state index is 12.7. The lowest BCUT2D eigenvalue weighted by molar-refractivity contribution is -0.384. The molecule has 0 fully saturated rings. The van der Waals surface area contributed by atoms with Crippen LogP contribution in [0.2, 0.25) is 0 Å². The van der Waals surface area contributed by atoms with E-state index in [-0.39, 0.29) is 17.0 Å². The van der Waals surface area contributed by atoms with Crippen molar-refractivity contribution in [1.29, 1.82) is 0 Å². The number of carbonyl (C=O) groups is 1. The van der Waals surface area contributed by atoms with Crippen molar-refractivity contribution in [3.8, 4) is 5.75 Å². The summed E-state index contributed by atoms with van der Waals surface area (Å²) in [6.07, 6.45) is 1.35. The number of amides is 1. The number of H-pyrrole nitrogens is 1. The number of aromatic hydroxyl groups is 1. The Morgan fingerprint density at radius 2 is 1.93 bits per heavy atom. The van der Waals surface area contributed by atoms with Crippen LogP contribution in [0.5, 0.6) is 5.75 Å². The van der Waals surface area contributed by atoms with E-state index >= 15 is 0 Å². The van der Waals surface area contributed by atoms with E-state index in [2.05, 4.69) is 20.5 Å². The van der Waals surface area contributed by atoms with Crippen molar-refractivity contribution < 1.29 is 14.8 Å². The number of hydrogen-bond acceptors (Lipinski definition) is 7. The lowest BCUT2D eigenvalue weighted by Crippen LogP contribution is -2.12. The number of nitro groups is 1. The van der Waals surface area contributed by atoms with Gasteiger partial charge in [0.25, 0.3) is 11.6 Å². The number of carbonyl (C=O) groups excluding carboxylic acids is 1. The molecule has 1 aromatic heterocycles. The van der Waals surface area contributed by atoms with Crippen LogP contribution in [0.15, 0.2) is 71.0 Å². The minimum atomic E-state index is -0.557. The van der Waals surface area contributed by atoms with Gasteiger partial charge < -0.3 is 10.4 Å². The van der Waals surface area contributed by atoms with Crippen LogP contribution < -0.4 is 5.32 Å². The van der Waals surface area contributed by atoms with Gasteiger partial charge in [0.2, 0.25) is 0 Å². The second-order valence-electron chi connectivity index (χ2n) is 5.97. The summed E-state index contributed by atoms with van der Waals surface area (Å²) < 4.78 is 0. The number of phenolic OH excluding ortho intramolecular Hbond substituents is 1. The van der Waals surface area contributed by atoms with E-state index in [1.807, 2.05) is 0 Å². The molecule has 0 atom stereocenters. The fourth-order valence-corrected chi connectivity index (χ4v) is 3.61. The van der Waals surface area contributed by atoms with Crippen LogP contribution in [-0.2, 0) is 0 Å². The molecule has 144 valence electrons. The number of phenols is 1. The second kappa shape index (κ2) is 7.60. The summed E-state index contributed by atoms with van der Waals surface area (Å²) in [6.45, 7) is 0. The highest BCUT2D eigenvalue weighted by molar-refractivity contribution is 7.99. The number of non-ortho nitro benzene ring substituents is 1. The average Bonchev–Trinajstić information content (AvgIpc) is 3.24. The molecule has 0 unspecified atom stereocenters. The number of hydrogen-bond donors (Lipinski definition) is 3. The molecule has 3 aromatic carbocycles. The molecule has 9 nitrogen and oxygen atoms in total. The molecule has 0 radical (unpaired) electrons. The number of anilines is 1. The molecule has 0 aliphatic rings. The summed E-state index contributed by atoms with van der Waals surface area (Å²) in [4.78, 5) is 27.6. The van der Waals surface area contributed by atoms with Crippen molar-refractivity contribution in [2.45, 2.75) is 10.1 Å². The third kappa shape index (κ3) is 3.73. The fourth-order valence-electron chi connectivity index (χ4n) is 2.82. The predicted molar refractivity (Wildman–Crippen MR) is 107 cm³/mol. The van der Waals surface area contributed by atoms with E-state index in [1.165, 1.54) is 30.6 Å². The monoisotopic (exact) mass is 407 g/mol. The molecule has 10 heteroatoms. The van der Waals surface area contributed by atoms with E-state index in [4.69, 9.17) is 0 Å². The quantitative estimate of drug-likeness (QED) is 0.259. The molecule has 0 bridgehead atoms. The molecule has 0 saturated carbocycles. The third-order valence-electron chi connectivity index (χ3n) is 4.15. The maximum Gasteiger partial charge on any atom is 0.270 e. The van der Waals surface area contributed by atoms with E-state index < -0.39 is 10.8 Å². The average molecular weight is 407 g/mol. The Labute approximate surface area is 167 Å². The molecular weight excluding hydrogens is 394 g/mol. The summed E-state index contributed by atoms with van der Waals surface area (Å²) in [6, 6.07) is 14.2. The van der Waals surface area contributed by atoms with Gasteiger partial charge in [-0.25, -0.2) is 4.98 Å². The van der Waals surface area contributed by atoms with E-state index in [0.717, 1.165) is 11.8 Å². The molecule has 0 spiro atoms. The smallest absolute Gasteiger partial charge is 0.270 e. The molecule has 29 heavy (non-hydrogen) atoms. The van der Waals surface area contributed by atoms with E-state index in [1.54, 1.807) is 30.3 Å². The number of benzene rings is 3. The number of nitrogens with zero attached hydrogens (tertiary/aromatic N) is 3. The van der Waals surface area contributed by atoms with Gasteiger partial charge in [-0.05, 0) is 23.9 Å². The zero-order chi connectivity index (χ0) is 20.4. The first-order chi connectivity index (χ1) is 14.0. The van der Waals surface area contributed by atoms with Gasteiger partial charge in [-0.15, -0.1) is 0 Å². The minimum absolute atomic E-state index is 0.0512. The summed E-state index contributed by atoms with van der Waals surface area (Å²) in [5, 5.41) is 32.5. The summed E-state index contributed by atoms with van der Waals surface area (Å²) in [5.74, 6) is -0.449. The van der Waals surface area contributed by atoms with Crippen molar-refractivity contribution in [3.63, 3.8) is 0 Å². The largest absolute Gasteiger partial charge is 0.506 e. The first-order valence-electron chi connectivity index (χ1n) is 8.36. The first-order valence-corrected chi connectivity index (χ1v) is 9.18. The Morgan fingerprint density at radius 1 is 1.14 bits per heavy atom. The Hall–Kier alpha value is -3.92. The highest BCUT2D eigenvalue weighted by atomic mass is 32.2. The molecular formula is C19H13N5O4S. The molecule has 0 aliphatic heterocycles. The van der Waals surface area contributed by atoms with Crippen LogP contribution >= 0.6 is 11.8 Å². The maximum atomic E-state index is 12.7. The van der Waals surface area contributed by atoms with Gasteiger partial charge in [0.05, 0.1) is 15.5 Å². The SMILES string of the molecule is O=C(Nc1cc(Sc2ncn[nH]2)c(O)c2ccccc12)c1cccc([N+](=O)[O-])c1. The van der Waals surface area contributed by atoms with Crippen LogP contribution in [0.25, 0.3) is 10.8 Å². The van der Waals surface area contributed by atoms with Gasteiger partial charge in [0, 0.05) is 28.5 Å². The van der Waals surface area contributed by atoms with Gasteiger partial charge >= 0.3 is 0 Å². The zero-order valence-electron chi connectivity index (χ0n) is 14.7. The van der Waals surface area contributed by atoms with E-state index in [0.29, 0.717) is 26.5 Å². The number of rotatable bonds is 5. The van der Waals surface area contributed by atoms with Crippen molar-refractivity contribution in [2.75, 3.05) is 5.32 Å². The van der Waals surface area contributed by atoms with Gasteiger partial charge in [-0.2, -0.15) is 5.10 Å². The third-order valence-corrected chi connectivity index (χ3v) is 5.07. The predicted octanol–water partition coefficient (Wildman–Crippen LogP) is 3.98. The molecule has 1 heterocycles. The molecule has 4 rings (SSSR count). The lowest BCUT2D eigenvalue weighted by atomic mass is 10.1. The Morgan fingerprint density at radius 3 is 2.66 bits per heavy atom. The first kappa shape index (κ1) is 18.4. The number of fused-ring (bicyclic) bond motifs is 1. The highest BCUT2D eigenvalue weighted by Crippen LogP contribution is 2.41. The van der Waals surface area contributed by atoms with Crippen LogP contribution in [-0.4, -0.2) is 31.1 Å². The Balaban J connectivity index is 1.74. The second-order valence-corrected chi connectivity index (χ2v) is 7.00. The summed E-state index contributed by atoms with van der Waals surface area (Å²) in [7, 11) is 0. The van der Waals surface area contributed by atoms with Crippen molar-refractivity contribution >= 4 is 39.8 Å².